The lowest BCUT2D eigenvalue weighted by molar-refractivity contribution is -0.384. The van der Waals surface area contributed by atoms with E-state index in [9.17, 15) is 28.4 Å². The van der Waals surface area contributed by atoms with Crippen molar-refractivity contribution in [3.8, 4) is 5.75 Å². The number of hydrogen-bond acceptors (Lipinski definition) is 5. The Labute approximate surface area is 150 Å². The number of fused-ring (bicyclic) bond motifs is 1. The molecule has 1 N–H and O–H groups in total. The molecule has 0 saturated heterocycles. The largest absolute Gasteiger partial charge is 0.491 e. The molecule has 1 atom stereocenters. The average Bonchev–Trinajstić information content (AvgIpc) is 2.99. The van der Waals surface area contributed by atoms with E-state index in [4.69, 9.17) is 4.74 Å². The van der Waals surface area contributed by atoms with Crippen molar-refractivity contribution in [2.45, 2.75) is 18.8 Å². The van der Waals surface area contributed by atoms with Crippen molar-refractivity contribution in [3.63, 3.8) is 0 Å². The van der Waals surface area contributed by atoms with Gasteiger partial charge in [-0.3, -0.25) is 10.1 Å². The standard InChI is InChI=1S/C17H14F3N3O4/c18-17(19,20)16-21-14-3-1-2-4-15(14)22(16)9-12(24)10-27-13-7-5-11(6-8-13)23(25)26/h1-8,12,24H,9-10H2/t12-/m0/s1. The van der Waals surface area contributed by atoms with E-state index in [1.165, 1.54) is 36.4 Å². The number of hydrogen-bond donors (Lipinski definition) is 1. The summed E-state index contributed by atoms with van der Waals surface area (Å²) >= 11 is 0. The number of aliphatic hydroxyl groups excluding tert-OH is 1. The Morgan fingerprint density at radius 1 is 1.19 bits per heavy atom. The van der Waals surface area contributed by atoms with Crippen LogP contribution >= 0.6 is 0 Å². The van der Waals surface area contributed by atoms with Crippen molar-refractivity contribution in [1.82, 2.24) is 9.55 Å². The molecule has 0 aliphatic rings. The summed E-state index contributed by atoms with van der Waals surface area (Å²) in [6.45, 7) is -0.663. The van der Waals surface area contributed by atoms with E-state index in [0.29, 0.717) is 0 Å². The second kappa shape index (κ2) is 7.23. The fourth-order valence-electron chi connectivity index (χ4n) is 2.60. The quantitative estimate of drug-likeness (QED) is 0.522. The van der Waals surface area contributed by atoms with Crippen molar-refractivity contribution >= 4 is 16.7 Å². The molecule has 1 aromatic heterocycles. The normalized spacial score (nSPS) is 12.9. The van der Waals surface area contributed by atoms with Crippen LogP contribution in [0.15, 0.2) is 48.5 Å². The zero-order valence-corrected chi connectivity index (χ0v) is 13.8. The second-order valence-electron chi connectivity index (χ2n) is 5.75. The molecule has 27 heavy (non-hydrogen) atoms. The Morgan fingerprint density at radius 3 is 2.48 bits per heavy atom. The topological polar surface area (TPSA) is 90.4 Å². The highest BCUT2D eigenvalue weighted by Crippen LogP contribution is 2.31. The lowest BCUT2D eigenvalue weighted by atomic mass is 10.3. The minimum absolute atomic E-state index is 0.123. The minimum atomic E-state index is -4.67. The van der Waals surface area contributed by atoms with Gasteiger partial charge in [-0.1, -0.05) is 12.1 Å². The number of nitrogens with zero attached hydrogens (tertiary/aromatic N) is 3. The van der Waals surface area contributed by atoms with Crippen molar-refractivity contribution in [2.75, 3.05) is 6.61 Å². The molecule has 2 aromatic carbocycles. The molecule has 0 bridgehead atoms. The summed E-state index contributed by atoms with van der Waals surface area (Å²) in [5.41, 5.74) is 0.301. The Morgan fingerprint density at radius 2 is 1.85 bits per heavy atom. The van der Waals surface area contributed by atoms with Crippen molar-refractivity contribution < 1.29 is 27.9 Å². The molecule has 0 saturated carbocycles. The van der Waals surface area contributed by atoms with E-state index in [0.717, 1.165) is 4.57 Å². The Balaban J connectivity index is 1.74. The molecule has 3 rings (SSSR count). The molecule has 10 heteroatoms. The van der Waals surface area contributed by atoms with Crippen LogP contribution in [0.25, 0.3) is 11.0 Å². The number of aromatic nitrogens is 2. The van der Waals surface area contributed by atoms with Gasteiger partial charge >= 0.3 is 6.18 Å². The summed E-state index contributed by atoms with van der Waals surface area (Å²) in [6.07, 6.45) is -5.92. The molecule has 3 aromatic rings. The molecule has 0 fully saturated rings. The lowest BCUT2D eigenvalue weighted by Gasteiger charge is -2.16. The van der Waals surface area contributed by atoms with Crippen LogP contribution in [0.4, 0.5) is 18.9 Å². The van der Waals surface area contributed by atoms with Gasteiger partial charge in [-0.05, 0) is 24.3 Å². The molecular formula is C17H14F3N3O4. The third kappa shape index (κ3) is 4.17. The first-order valence-corrected chi connectivity index (χ1v) is 7.83. The van der Waals surface area contributed by atoms with Gasteiger partial charge in [-0.25, -0.2) is 4.98 Å². The van der Waals surface area contributed by atoms with Gasteiger partial charge in [-0.2, -0.15) is 13.2 Å². The number of imidazole rings is 1. The zero-order valence-electron chi connectivity index (χ0n) is 13.8. The van der Waals surface area contributed by atoms with Gasteiger partial charge in [0, 0.05) is 12.1 Å². The zero-order chi connectivity index (χ0) is 19.6. The molecule has 0 amide bonds. The number of aliphatic hydroxyl groups is 1. The highest BCUT2D eigenvalue weighted by Gasteiger charge is 2.37. The predicted molar refractivity (Wildman–Crippen MR) is 89.3 cm³/mol. The van der Waals surface area contributed by atoms with E-state index in [-0.39, 0.29) is 35.6 Å². The van der Waals surface area contributed by atoms with Crippen LogP contribution < -0.4 is 4.74 Å². The maximum atomic E-state index is 13.2. The van der Waals surface area contributed by atoms with Crippen LogP contribution in [0.2, 0.25) is 0 Å². The molecule has 0 aliphatic carbocycles. The predicted octanol–water partition coefficient (Wildman–Crippen LogP) is 3.40. The third-order valence-electron chi connectivity index (χ3n) is 3.79. The maximum Gasteiger partial charge on any atom is 0.449 e. The second-order valence-corrected chi connectivity index (χ2v) is 5.75. The van der Waals surface area contributed by atoms with E-state index in [1.807, 2.05) is 0 Å². The molecule has 7 nitrogen and oxygen atoms in total. The molecule has 0 radical (unpaired) electrons. The number of non-ortho nitro benzene ring substituents is 1. The van der Waals surface area contributed by atoms with Crippen LogP contribution in [0.5, 0.6) is 5.75 Å². The lowest BCUT2D eigenvalue weighted by Crippen LogP contribution is -2.26. The summed E-state index contributed by atoms with van der Waals surface area (Å²) in [4.78, 5) is 13.6. The molecule has 142 valence electrons. The Bertz CT molecular complexity index is 954. The molecule has 0 spiro atoms. The van der Waals surface area contributed by atoms with Crippen LogP contribution in [-0.2, 0) is 12.7 Å². The monoisotopic (exact) mass is 381 g/mol. The number of benzene rings is 2. The van der Waals surface area contributed by atoms with Crippen LogP contribution in [0.1, 0.15) is 5.82 Å². The molecule has 0 aliphatic heterocycles. The summed E-state index contributed by atoms with van der Waals surface area (Å²) in [6, 6.07) is 11.3. The van der Waals surface area contributed by atoms with Crippen molar-refractivity contribution in [3.05, 3.63) is 64.5 Å². The van der Waals surface area contributed by atoms with Crippen molar-refractivity contribution in [2.24, 2.45) is 0 Å². The van der Waals surface area contributed by atoms with Crippen molar-refractivity contribution in [1.29, 1.82) is 0 Å². The van der Waals surface area contributed by atoms with Gasteiger partial charge in [0.2, 0.25) is 5.82 Å². The van der Waals surface area contributed by atoms with Crippen LogP contribution in [0, 0.1) is 10.1 Å². The highest BCUT2D eigenvalue weighted by molar-refractivity contribution is 5.76. The summed E-state index contributed by atoms with van der Waals surface area (Å²) in [7, 11) is 0. The van der Waals surface area contributed by atoms with E-state index < -0.39 is 23.0 Å². The van der Waals surface area contributed by atoms with Crippen LogP contribution in [-0.4, -0.2) is 32.3 Å². The number of ether oxygens (including phenoxy) is 1. The van der Waals surface area contributed by atoms with E-state index in [2.05, 4.69) is 4.98 Å². The number of alkyl halides is 3. The molecule has 0 unspecified atom stereocenters. The summed E-state index contributed by atoms with van der Waals surface area (Å²) < 4.78 is 45.9. The first-order chi connectivity index (χ1) is 12.8. The van der Waals surface area contributed by atoms with Gasteiger partial charge in [0.1, 0.15) is 18.5 Å². The first-order valence-electron chi connectivity index (χ1n) is 7.83. The number of nitro benzene ring substituents is 1. The number of rotatable bonds is 6. The highest BCUT2D eigenvalue weighted by atomic mass is 19.4. The van der Waals surface area contributed by atoms with E-state index in [1.54, 1.807) is 12.1 Å². The Hall–Kier alpha value is -3.14. The van der Waals surface area contributed by atoms with Gasteiger partial charge in [0.25, 0.3) is 5.69 Å². The van der Waals surface area contributed by atoms with Gasteiger partial charge < -0.3 is 14.4 Å². The maximum absolute atomic E-state index is 13.2. The number of halogens is 3. The fourth-order valence-corrected chi connectivity index (χ4v) is 2.60. The number of para-hydroxylation sites is 2. The number of nitro groups is 1. The smallest absolute Gasteiger partial charge is 0.449 e. The van der Waals surface area contributed by atoms with Gasteiger partial charge in [0.15, 0.2) is 0 Å². The van der Waals surface area contributed by atoms with E-state index >= 15 is 0 Å². The minimum Gasteiger partial charge on any atom is -0.491 e. The third-order valence-corrected chi connectivity index (χ3v) is 3.79. The summed E-state index contributed by atoms with van der Waals surface area (Å²) in [5, 5.41) is 20.7. The average molecular weight is 381 g/mol. The fraction of sp³-hybridized carbons (Fsp3) is 0.235. The van der Waals surface area contributed by atoms with Gasteiger partial charge in [-0.15, -0.1) is 0 Å². The Kier molecular flexibility index (Phi) is 5.00. The van der Waals surface area contributed by atoms with Crippen LogP contribution in [0.3, 0.4) is 0 Å². The van der Waals surface area contributed by atoms with Gasteiger partial charge in [0.05, 0.1) is 22.5 Å². The molecule has 1 heterocycles. The SMILES string of the molecule is O=[N+]([O-])c1ccc(OC[C@@H](O)Cn2c(C(F)(F)F)nc3ccccc32)cc1. The molecular weight excluding hydrogens is 367 g/mol. The summed E-state index contributed by atoms with van der Waals surface area (Å²) in [5.74, 6) is -0.843. The first kappa shape index (κ1) is 18.6.